The van der Waals surface area contributed by atoms with Crippen molar-refractivity contribution in [3.8, 4) is 56.4 Å². The summed E-state index contributed by atoms with van der Waals surface area (Å²) in [5.41, 5.74) is 15.2. The Morgan fingerprint density at radius 1 is 0.281 bits per heavy atom. The van der Waals surface area contributed by atoms with Gasteiger partial charge in [0, 0.05) is 39.4 Å². The average Bonchev–Trinajstić information content (AvgIpc) is 3.36. The maximum atomic E-state index is 7.07. The van der Waals surface area contributed by atoms with E-state index in [4.69, 9.17) is 9.47 Å². The van der Waals surface area contributed by atoms with Gasteiger partial charge in [0.2, 0.25) is 0 Å². The van der Waals surface area contributed by atoms with Gasteiger partial charge in [0.15, 0.2) is 23.0 Å². The summed E-state index contributed by atoms with van der Waals surface area (Å²) in [6.07, 6.45) is 0. The Morgan fingerprint density at radius 3 is 1.09 bits per heavy atom. The summed E-state index contributed by atoms with van der Waals surface area (Å²) in [5, 5.41) is 2.09. The van der Waals surface area contributed by atoms with Crippen LogP contribution in [0.1, 0.15) is 11.1 Å². The van der Waals surface area contributed by atoms with Crippen molar-refractivity contribution in [3.05, 3.63) is 242 Å². The molecule has 0 saturated carbocycles. The van der Waals surface area contributed by atoms with Crippen molar-refractivity contribution in [2.75, 3.05) is 9.80 Å². The number of para-hydroxylation sites is 2. The molecular weight excluding hydrogens is 781 g/mol. The normalized spacial score (nSPS) is 11.5. The number of hydrogen-bond donors (Lipinski definition) is 0. The Kier molecular flexibility index (Phi) is 9.95. The summed E-state index contributed by atoms with van der Waals surface area (Å²) in [5.74, 6) is 2.67. The molecule has 4 nitrogen and oxygen atoms in total. The van der Waals surface area contributed by atoms with Crippen molar-refractivity contribution in [3.63, 3.8) is 0 Å². The van der Waals surface area contributed by atoms with Gasteiger partial charge in [-0.25, -0.2) is 0 Å². The lowest BCUT2D eigenvalue weighted by atomic mass is 9.93. The number of anilines is 6. The fraction of sp³-hybridized carbons (Fsp3) is 0.0333. The number of nitrogens with zero attached hydrogens (tertiary/aromatic N) is 2. The molecule has 0 spiro atoms. The monoisotopic (exact) mass is 824 g/mol. The summed E-state index contributed by atoms with van der Waals surface area (Å²) < 4.78 is 14.1. The molecule has 10 aromatic rings. The Labute approximate surface area is 374 Å². The first kappa shape index (κ1) is 38.6. The Hall–Kier alpha value is -8.34. The van der Waals surface area contributed by atoms with E-state index in [9.17, 15) is 0 Å². The molecule has 0 unspecified atom stereocenters. The minimum absolute atomic E-state index is 0.656. The fourth-order valence-electron chi connectivity index (χ4n) is 8.80. The van der Waals surface area contributed by atoms with Crippen LogP contribution < -0.4 is 19.3 Å². The second-order valence-corrected chi connectivity index (χ2v) is 16.3. The first-order valence-electron chi connectivity index (χ1n) is 21.7. The number of aryl methyl sites for hydroxylation is 2. The van der Waals surface area contributed by atoms with E-state index in [1.54, 1.807) is 0 Å². The topological polar surface area (TPSA) is 24.9 Å². The standard InChI is InChI=1S/C60H44N2O2/c1-41-21-31-48(32-22-41)61(49-35-25-45(26-36-49)43-13-5-3-6-14-43)50-39-29-47(30-40-50)57-53-17-9-10-18-54(53)58(60-59(57)63-55-19-11-12-20-56(55)64-60)62(51-33-23-42(2)24-34-51)52-37-27-46(28-38-52)44-15-7-4-8-16-44/h3-40H,1-2H3. The minimum atomic E-state index is 0.656. The van der Waals surface area contributed by atoms with Crippen LogP contribution in [0, 0.1) is 13.8 Å². The number of fused-ring (bicyclic) bond motifs is 3. The maximum Gasteiger partial charge on any atom is 0.195 e. The number of benzene rings is 10. The molecule has 11 rings (SSSR count). The number of rotatable bonds is 9. The smallest absolute Gasteiger partial charge is 0.195 e. The van der Waals surface area contributed by atoms with Crippen LogP contribution in [0.15, 0.2) is 231 Å². The molecule has 1 heterocycles. The van der Waals surface area contributed by atoms with Gasteiger partial charge in [0.05, 0.1) is 0 Å². The quantitative estimate of drug-likeness (QED) is 0.145. The highest BCUT2D eigenvalue weighted by Crippen LogP contribution is 2.59. The summed E-state index contributed by atoms with van der Waals surface area (Å²) in [7, 11) is 0. The molecule has 1 aliphatic heterocycles. The lowest BCUT2D eigenvalue weighted by Crippen LogP contribution is -2.14. The predicted octanol–water partition coefficient (Wildman–Crippen LogP) is 17.3. The second-order valence-electron chi connectivity index (χ2n) is 16.3. The lowest BCUT2D eigenvalue weighted by Gasteiger charge is -2.33. The van der Waals surface area contributed by atoms with Gasteiger partial charge in [-0.3, -0.25) is 0 Å². The van der Waals surface area contributed by atoms with Crippen molar-refractivity contribution in [2.24, 2.45) is 0 Å². The van der Waals surface area contributed by atoms with Gasteiger partial charge in [-0.2, -0.15) is 0 Å². The van der Waals surface area contributed by atoms with E-state index < -0.39 is 0 Å². The lowest BCUT2D eigenvalue weighted by molar-refractivity contribution is 0.362. The Balaban J connectivity index is 1.08. The molecule has 10 aromatic carbocycles. The van der Waals surface area contributed by atoms with E-state index in [0.717, 1.165) is 61.6 Å². The van der Waals surface area contributed by atoms with Crippen molar-refractivity contribution >= 4 is 44.9 Å². The first-order chi connectivity index (χ1) is 31.6. The second kappa shape index (κ2) is 16.5. The van der Waals surface area contributed by atoms with Gasteiger partial charge < -0.3 is 19.3 Å². The van der Waals surface area contributed by atoms with E-state index in [1.807, 2.05) is 24.3 Å². The predicted molar refractivity (Wildman–Crippen MR) is 266 cm³/mol. The third kappa shape index (κ3) is 7.21. The van der Waals surface area contributed by atoms with Gasteiger partial charge in [0.25, 0.3) is 0 Å². The molecule has 0 aliphatic carbocycles. The molecule has 1 aliphatic rings. The van der Waals surface area contributed by atoms with E-state index in [2.05, 4.69) is 230 Å². The third-order valence-electron chi connectivity index (χ3n) is 12.1. The van der Waals surface area contributed by atoms with E-state index in [1.165, 1.54) is 27.8 Å². The van der Waals surface area contributed by atoms with Crippen molar-refractivity contribution in [1.82, 2.24) is 0 Å². The maximum absolute atomic E-state index is 7.07. The van der Waals surface area contributed by atoms with Crippen molar-refractivity contribution < 1.29 is 9.47 Å². The van der Waals surface area contributed by atoms with Gasteiger partial charge in [-0.15, -0.1) is 0 Å². The van der Waals surface area contributed by atoms with Crippen LogP contribution in [-0.2, 0) is 0 Å². The van der Waals surface area contributed by atoms with Gasteiger partial charge >= 0.3 is 0 Å². The van der Waals surface area contributed by atoms with E-state index in [-0.39, 0.29) is 0 Å². The van der Waals surface area contributed by atoms with Crippen LogP contribution >= 0.6 is 0 Å². The molecular formula is C60H44N2O2. The number of hydrogen-bond acceptors (Lipinski definition) is 4. The molecule has 306 valence electrons. The van der Waals surface area contributed by atoms with Gasteiger partial charge in [0.1, 0.15) is 5.69 Å². The highest BCUT2D eigenvalue weighted by atomic mass is 16.6. The van der Waals surface area contributed by atoms with Crippen LogP contribution in [0.4, 0.5) is 34.1 Å². The average molecular weight is 825 g/mol. The third-order valence-corrected chi connectivity index (χ3v) is 12.1. The summed E-state index contributed by atoms with van der Waals surface area (Å²) >= 11 is 0. The Morgan fingerprint density at radius 2 is 0.625 bits per heavy atom. The molecule has 0 saturated heterocycles. The highest BCUT2D eigenvalue weighted by molar-refractivity contribution is 6.12. The minimum Gasteiger partial charge on any atom is -0.449 e. The first-order valence-corrected chi connectivity index (χ1v) is 21.7. The van der Waals surface area contributed by atoms with E-state index >= 15 is 0 Å². The SMILES string of the molecule is Cc1ccc(N(c2ccc(-c3ccccc3)cc2)c2ccc(-c3c4c(c(N(c5ccc(C)cc5)c5ccc(-c6ccccc6)cc5)c5ccccc35)Oc3ccccc3O4)cc2)cc1. The molecule has 0 bridgehead atoms. The zero-order valence-electron chi connectivity index (χ0n) is 35.7. The molecule has 0 aromatic heterocycles. The molecule has 0 N–H and O–H groups in total. The van der Waals surface area contributed by atoms with Gasteiger partial charge in [-0.1, -0.05) is 169 Å². The Bertz CT molecular complexity index is 3240. The molecule has 4 heteroatoms. The number of ether oxygens (including phenoxy) is 2. The van der Waals surface area contributed by atoms with Gasteiger partial charge in [-0.05, 0) is 120 Å². The summed E-state index contributed by atoms with van der Waals surface area (Å²) in [6.45, 7) is 4.25. The van der Waals surface area contributed by atoms with Crippen LogP contribution in [0.25, 0.3) is 44.2 Å². The summed E-state index contributed by atoms with van der Waals surface area (Å²) in [6, 6.07) is 81.4. The zero-order chi connectivity index (χ0) is 43.0. The molecule has 0 amide bonds. The van der Waals surface area contributed by atoms with E-state index in [0.29, 0.717) is 23.0 Å². The fourth-order valence-corrected chi connectivity index (χ4v) is 8.80. The molecule has 0 radical (unpaired) electrons. The molecule has 0 atom stereocenters. The van der Waals surface area contributed by atoms with Crippen LogP contribution in [-0.4, -0.2) is 0 Å². The zero-order valence-corrected chi connectivity index (χ0v) is 35.7. The summed E-state index contributed by atoms with van der Waals surface area (Å²) in [4.78, 5) is 4.62. The largest absolute Gasteiger partial charge is 0.449 e. The molecule has 0 fully saturated rings. The molecule has 64 heavy (non-hydrogen) atoms. The highest BCUT2D eigenvalue weighted by Gasteiger charge is 2.32. The van der Waals surface area contributed by atoms with Crippen molar-refractivity contribution in [1.29, 1.82) is 0 Å². The van der Waals surface area contributed by atoms with Crippen LogP contribution in [0.3, 0.4) is 0 Å². The van der Waals surface area contributed by atoms with Crippen molar-refractivity contribution in [2.45, 2.75) is 13.8 Å². The van der Waals surface area contributed by atoms with Crippen LogP contribution in [0.2, 0.25) is 0 Å². The van der Waals surface area contributed by atoms with Crippen LogP contribution in [0.5, 0.6) is 23.0 Å².